The number of rotatable bonds is 8. The van der Waals surface area contributed by atoms with Crippen LogP contribution in [0.1, 0.15) is 5.56 Å². The molecule has 0 aliphatic rings. The summed E-state index contributed by atoms with van der Waals surface area (Å²) in [4.78, 5) is 16.0. The van der Waals surface area contributed by atoms with Gasteiger partial charge in [0.1, 0.15) is 0 Å². The molecule has 0 atom stereocenters. The van der Waals surface area contributed by atoms with Crippen molar-refractivity contribution in [3.8, 4) is 11.4 Å². The summed E-state index contributed by atoms with van der Waals surface area (Å²) in [5.41, 5.74) is 4.23. The van der Waals surface area contributed by atoms with Crippen LogP contribution < -0.4 is 5.43 Å². The minimum absolute atomic E-state index is 0.165. The van der Waals surface area contributed by atoms with Gasteiger partial charge in [0.25, 0.3) is 5.91 Å². The van der Waals surface area contributed by atoms with E-state index in [0.717, 1.165) is 21.4 Å². The molecule has 142 valence electrons. The fourth-order valence-corrected chi connectivity index (χ4v) is 3.46. The number of hydrazone groups is 1. The lowest BCUT2D eigenvalue weighted by molar-refractivity contribution is -0.118. The Morgan fingerprint density at radius 3 is 2.96 bits per heavy atom. The van der Waals surface area contributed by atoms with Gasteiger partial charge in [-0.1, -0.05) is 52.0 Å². The zero-order valence-electron chi connectivity index (χ0n) is 14.8. The summed E-state index contributed by atoms with van der Waals surface area (Å²) in [6.45, 7) is 4.33. The van der Waals surface area contributed by atoms with E-state index < -0.39 is 0 Å². The lowest BCUT2D eigenvalue weighted by atomic mass is 10.2. The summed E-state index contributed by atoms with van der Waals surface area (Å²) in [6, 6.07) is 11.5. The van der Waals surface area contributed by atoms with Gasteiger partial charge in [-0.15, -0.1) is 16.8 Å². The number of allylic oxidation sites excluding steroid dienone is 1. The number of halogens is 1. The van der Waals surface area contributed by atoms with Crippen molar-refractivity contribution in [3.05, 3.63) is 71.5 Å². The van der Waals surface area contributed by atoms with E-state index in [9.17, 15) is 4.79 Å². The molecule has 0 saturated heterocycles. The number of nitrogens with zero attached hydrogens (tertiary/aromatic N) is 5. The van der Waals surface area contributed by atoms with Crippen molar-refractivity contribution in [2.45, 2.75) is 11.7 Å². The Labute approximate surface area is 175 Å². The van der Waals surface area contributed by atoms with Crippen molar-refractivity contribution in [1.82, 2.24) is 25.2 Å². The maximum Gasteiger partial charge on any atom is 0.250 e. The van der Waals surface area contributed by atoms with Gasteiger partial charge in [0.2, 0.25) is 0 Å². The lowest BCUT2D eigenvalue weighted by Gasteiger charge is -2.07. The standard InChI is InChI=1S/C19H17BrN6OS/c1-2-9-26-18(15-6-3-7-16(20)10-15)24-25-19(26)28-13-17(27)23-22-12-14-5-4-8-21-11-14/h2-8,10-12H,1,9,13H2,(H,23,27). The van der Waals surface area contributed by atoms with Gasteiger partial charge in [-0.25, -0.2) is 5.43 Å². The largest absolute Gasteiger partial charge is 0.298 e. The van der Waals surface area contributed by atoms with Crippen LogP contribution in [0, 0.1) is 0 Å². The smallest absolute Gasteiger partial charge is 0.250 e. The van der Waals surface area contributed by atoms with E-state index in [0.29, 0.717) is 11.7 Å². The van der Waals surface area contributed by atoms with Crippen LogP contribution in [0.3, 0.4) is 0 Å². The molecule has 1 N–H and O–H groups in total. The van der Waals surface area contributed by atoms with Crippen molar-refractivity contribution in [2.75, 3.05) is 5.75 Å². The Hall–Kier alpha value is -2.78. The highest BCUT2D eigenvalue weighted by atomic mass is 79.9. The van der Waals surface area contributed by atoms with E-state index in [1.165, 1.54) is 11.8 Å². The van der Waals surface area contributed by atoms with E-state index in [1.54, 1.807) is 30.8 Å². The SMILES string of the molecule is C=CCn1c(SCC(=O)NN=Cc2cccnc2)nnc1-c1cccc(Br)c1. The van der Waals surface area contributed by atoms with Crippen LogP contribution in [0.4, 0.5) is 0 Å². The number of benzene rings is 1. The molecule has 0 spiro atoms. The topological polar surface area (TPSA) is 85.1 Å². The van der Waals surface area contributed by atoms with Crippen molar-refractivity contribution < 1.29 is 4.79 Å². The maximum atomic E-state index is 12.1. The Morgan fingerprint density at radius 1 is 1.32 bits per heavy atom. The highest BCUT2D eigenvalue weighted by Crippen LogP contribution is 2.26. The van der Waals surface area contributed by atoms with Gasteiger partial charge >= 0.3 is 0 Å². The van der Waals surface area contributed by atoms with E-state index >= 15 is 0 Å². The predicted molar refractivity (Wildman–Crippen MR) is 114 cm³/mol. The molecule has 3 aromatic rings. The van der Waals surface area contributed by atoms with E-state index in [-0.39, 0.29) is 11.7 Å². The summed E-state index contributed by atoms with van der Waals surface area (Å²) >= 11 is 4.76. The zero-order chi connectivity index (χ0) is 19.8. The summed E-state index contributed by atoms with van der Waals surface area (Å²) < 4.78 is 2.88. The summed E-state index contributed by atoms with van der Waals surface area (Å²) in [5, 5.41) is 13.1. The van der Waals surface area contributed by atoms with Gasteiger partial charge in [-0.3, -0.25) is 14.3 Å². The van der Waals surface area contributed by atoms with Gasteiger partial charge in [0.15, 0.2) is 11.0 Å². The monoisotopic (exact) mass is 456 g/mol. The summed E-state index contributed by atoms with van der Waals surface area (Å²) in [6.07, 6.45) is 6.65. The third kappa shape index (κ3) is 5.37. The Kier molecular flexibility index (Phi) is 7.10. The molecule has 0 fully saturated rings. The van der Waals surface area contributed by atoms with Crippen LogP contribution in [0.15, 0.2) is 76.2 Å². The molecule has 0 aliphatic heterocycles. The first-order valence-electron chi connectivity index (χ1n) is 8.32. The second-order valence-electron chi connectivity index (χ2n) is 5.58. The zero-order valence-corrected chi connectivity index (χ0v) is 17.2. The van der Waals surface area contributed by atoms with Gasteiger partial charge < -0.3 is 0 Å². The first kappa shape index (κ1) is 20.0. The fraction of sp³-hybridized carbons (Fsp3) is 0.105. The highest BCUT2D eigenvalue weighted by molar-refractivity contribution is 9.10. The summed E-state index contributed by atoms with van der Waals surface area (Å²) in [7, 11) is 0. The third-order valence-electron chi connectivity index (χ3n) is 3.53. The molecule has 1 aromatic carbocycles. The predicted octanol–water partition coefficient (Wildman–Crippen LogP) is 3.53. The molecular formula is C19H17BrN6OS. The molecule has 7 nitrogen and oxygen atoms in total. The van der Waals surface area contributed by atoms with E-state index in [1.807, 2.05) is 34.9 Å². The highest BCUT2D eigenvalue weighted by Gasteiger charge is 2.15. The number of nitrogens with one attached hydrogen (secondary N) is 1. The van der Waals surface area contributed by atoms with Crippen LogP contribution in [0.25, 0.3) is 11.4 Å². The average Bonchev–Trinajstić information content (AvgIpc) is 3.10. The Bertz CT molecular complexity index is 989. The number of thioether (sulfide) groups is 1. The second-order valence-corrected chi connectivity index (χ2v) is 7.44. The first-order valence-corrected chi connectivity index (χ1v) is 10.1. The van der Waals surface area contributed by atoms with Crippen LogP contribution in [0.2, 0.25) is 0 Å². The molecule has 28 heavy (non-hydrogen) atoms. The molecule has 0 radical (unpaired) electrons. The maximum absolute atomic E-state index is 12.1. The quantitative estimate of drug-likeness (QED) is 0.242. The van der Waals surface area contributed by atoms with Crippen molar-refractivity contribution >= 4 is 39.8 Å². The number of pyridine rings is 1. The van der Waals surface area contributed by atoms with Gasteiger partial charge in [-0.2, -0.15) is 5.10 Å². The minimum Gasteiger partial charge on any atom is -0.298 e. The number of aromatic nitrogens is 4. The molecule has 2 heterocycles. The van der Waals surface area contributed by atoms with E-state index in [4.69, 9.17) is 0 Å². The summed E-state index contributed by atoms with van der Waals surface area (Å²) in [5.74, 6) is 0.652. The third-order valence-corrected chi connectivity index (χ3v) is 4.99. The average molecular weight is 457 g/mol. The van der Waals surface area contributed by atoms with Gasteiger partial charge in [0.05, 0.1) is 12.0 Å². The van der Waals surface area contributed by atoms with Gasteiger partial charge in [0, 0.05) is 34.5 Å². The number of amides is 1. The molecule has 2 aromatic heterocycles. The molecule has 9 heteroatoms. The van der Waals surface area contributed by atoms with Crippen molar-refractivity contribution in [2.24, 2.45) is 5.10 Å². The molecule has 3 rings (SSSR count). The minimum atomic E-state index is -0.234. The Morgan fingerprint density at radius 2 is 2.21 bits per heavy atom. The molecule has 0 bridgehead atoms. The molecule has 0 aliphatic carbocycles. The second kappa shape index (κ2) is 9.95. The first-order chi connectivity index (χ1) is 13.7. The number of carbonyl (C=O) groups excluding carboxylic acids is 1. The number of hydrogen-bond acceptors (Lipinski definition) is 6. The number of carbonyl (C=O) groups is 1. The molecule has 0 unspecified atom stereocenters. The molecule has 1 amide bonds. The van der Waals surface area contributed by atoms with Crippen LogP contribution in [-0.4, -0.2) is 37.6 Å². The number of hydrogen-bond donors (Lipinski definition) is 1. The van der Waals surface area contributed by atoms with Crippen LogP contribution >= 0.6 is 27.7 Å². The van der Waals surface area contributed by atoms with Crippen LogP contribution in [0.5, 0.6) is 0 Å². The Balaban J connectivity index is 1.64. The molecule has 0 saturated carbocycles. The van der Waals surface area contributed by atoms with E-state index in [2.05, 4.69) is 48.2 Å². The fourth-order valence-electron chi connectivity index (χ4n) is 2.32. The van der Waals surface area contributed by atoms with Crippen molar-refractivity contribution in [1.29, 1.82) is 0 Å². The normalized spacial score (nSPS) is 10.9. The van der Waals surface area contributed by atoms with Gasteiger partial charge in [-0.05, 0) is 18.2 Å². The lowest BCUT2D eigenvalue weighted by Crippen LogP contribution is -2.20. The molecular weight excluding hydrogens is 440 g/mol. The van der Waals surface area contributed by atoms with Crippen LogP contribution in [-0.2, 0) is 11.3 Å². The van der Waals surface area contributed by atoms with Crippen molar-refractivity contribution in [3.63, 3.8) is 0 Å².